The highest BCUT2D eigenvalue weighted by Gasteiger charge is 2.41. The number of aryl methyl sites for hydroxylation is 1. The molecule has 3 aromatic carbocycles. The van der Waals surface area contributed by atoms with Gasteiger partial charge in [0.05, 0.1) is 32.3 Å². The quantitative estimate of drug-likeness (QED) is 0.230. The van der Waals surface area contributed by atoms with Crippen molar-refractivity contribution in [1.82, 2.24) is 4.57 Å². The first kappa shape index (κ1) is 29.2. The average Bonchev–Trinajstić information content (AvgIpc) is 3.40. The summed E-state index contributed by atoms with van der Waals surface area (Å²) in [5.74, 6) is 0. The molecule has 0 aliphatic heterocycles. The number of aromatic nitrogens is 1. The largest absolute Gasteiger partial charge is 0.416 e. The summed E-state index contributed by atoms with van der Waals surface area (Å²) in [6.07, 6.45) is -6.96. The first-order chi connectivity index (χ1) is 18.5. The molecule has 0 fully saturated rings. The predicted octanol–water partition coefficient (Wildman–Crippen LogP) is 6.72. The van der Waals surface area contributed by atoms with E-state index in [2.05, 4.69) is 0 Å². The minimum absolute atomic E-state index is 0.0381. The standard InChI is InChI=1S/C26H20F6N2O4S2/c1-17-11-12-23(24(18(17)2)33-13-3-4-14-33)34(39(35,36)21-9-5-7-19(15-21)25(27,28)29)40(37,38)22-10-6-8-20(16-22)26(30,31)32/h3-16H,1-2H3. The van der Waals surface area contributed by atoms with Crippen molar-refractivity contribution < 1.29 is 43.2 Å². The molecule has 14 heteroatoms. The van der Waals surface area contributed by atoms with Crippen molar-refractivity contribution in [3.05, 3.63) is 107 Å². The summed E-state index contributed by atoms with van der Waals surface area (Å²) >= 11 is 0. The number of rotatable bonds is 6. The Balaban J connectivity index is 2.09. The first-order valence-electron chi connectivity index (χ1n) is 11.3. The third kappa shape index (κ3) is 5.32. The number of hydrogen-bond acceptors (Lipinski definition) is 4. The van der Waals surface area contributed by atoms with Gasteiger partial charge in [0.1, 0.15) is 0 Å². The van der Waals surface area contributed by atoms with Crippen LogP contribution in [0.5, 0.6) is 0 Å². The smallest absolute Gasteiger partial charge is 0.322 e. The summed E-state index contributed by atoms with van der Waals surface area (Å²) < 4.78 is 138. The molecule has 1 heterocycles. The van der Waals surface area contributed by atoms with E-state index in [1.807, 2.05) is 0 Å². The molecule has 0 amide bonds. The molecule has 0 unspecified atom stereocenters. The number of benzene rings is 3. The van der Waals surface area contributed by atoms with Gasteiger partial charge in [-0.3, -0.25) is 0 Å². The van der Waals surface area contributed by atoms with Gasteiger partial charge in [0, 0.05) is 12.4 Å². The van der Waals surface area contributed by atoms with Gasteiger partial charge in [0.2, 0.25) is 0 Å². The molecule has 40 heavy (non-hydrogen) atoms. The van der Waals surface area contributed by atoms with Crippen LogP contribution < -0.4 is 3.71 Å². The number of sulfonamides is 2. The third-order valence-corrected chi connectivity index (χ3v) is 10.2. The van der Waals surface area contributed by atoms with Crippen LogP contribution in [0.1, 0.15) is 22.3 Å². The van der Waals surface area contributed by atoms with E-state index in [0.717, 1.165) is 30.3 Å². The van der Waals surface area contributed by atoms with Crippen molar-refractivity contribution >= 4 is 25.7 Å². The van der Waals surface area contributed by atoms with Crippen LogP contribution in [0, 0.1) is 13.8 Å². The molecule has 0 bridgehead atoms. The zero-order valence-corrected chi connectivity index (χ0v) is 22.3. The highest BCUT2D eigenvalue weighted by molar-refractivity contribution is 8.10. The van der Waals surface area contributed by atoms with E-state index in [9.17, 15) is 43.2 Å². The SMILES string of the molecule is Cc1ccc(N(S(=O)(=O)c2cccc(C(F)(F)F)c2)S(=O)(=O)c2cccc(C(F)(F)F)c2)c(-n2cccc2)c1C. The second-order valence-electron chi connectivity index (χ2n) is 8.72. The van der Waals surface area contributed by atoms with Gasteiger partial charge < -0.3 is 4.57 Å². The molecule has 0 aliphatic rings. The fourth-order valence-corrected chi connectivity index (χ4v) is 7.79. The Morgan fingerprint density at radius 3 is 1.52 bits per heavy atom. The number of anilines is 1. The zero-order valence-electron chi connectivity index (χ0n) is 20.7. The molecule has 0 saturated carbocycles. The highest BCUT2D eigenvalue weighted by atomic mass is 32.3. The van der Waals surface area contributed by atoms with Crippen molar-refractivity contribution in [2.75, 3.05) is 3.71 Å². The van der Waals surface area contributed by atoms with Gasteiger partial charge >= 0.3 is 12.4 Å². The summed E-state index contributed by atoms with van der Waals surface area (Å²) in [5, 5.41) is 0. The zero-order chi connectivity index (χ0) is 29.7. The lowest BCUT2D eigenvalue weighted by molar-refractivity contribution is -0.138. The first-order valence-corrected chi connectivity index (χ1v) is 14.2. The lowest BCUT2D eigenvalue weighted by Gasteiger charge is -2.28. The number of alkyl halides is 6. The third-order valence-electron chi connectivity index (χ3n) is 6.09. The topological polar surface area (TPSA) is 76.5 Å². The van der Waals surface area contributed by atoms with Gasteiger partial charge in [0.25, 0.3) is 20.0 Å². The molecule has 0 atom stereocenters. The van der Waals surface area contributed by atoms with Crippen LogP contribution in [0.3, 0.4) is 0 Å². The van der Waals surface area contributed by atoms with Crippen LogP contribution in [0.25, 0.3) is 5.69 Å². The van der Waals surface area contributed by atoms with E-state index in [1.54, 1.807) is 26.0 Å². The fraction of sp³-hybridized carbons (Fsp3) is 0.154. The summed E-state index contributed by atoms with van der Waals surface area (Å²) in [5.41, 5.74) is -2.17. The number of nitrogens with zero attached hydrogens (tertiary/aromatic N) is 2. The summed E-state index contributed by atoms with van der Waals surface area (Å²) in [7, 11) is -10.8. The van der Waals surface area contributed by atoms with Crippen molar-refractivity contribution in [3.8, 4) is 5.69 Å². The maximum Gasteiger partial charge on any atom is 0.416 e. The summed E-state index contributed by atoms with van der Waals surface area (Å²) in [4.78, 5) is -2.07. The van der Waals surface area contributed by atoms with Crippen LogP contribution in [0.4, 0.5) is 32.0 Å². The van der Waals surface area contributed by atoms with E-state index in [1.165, 1.54) is 23.0 Å². The average molecular weight is 603 g/mol. The van der Waals surface area contributed by atoms with Crippen LogP contribution in [-0.2, 0) is 32.4 Å². The summed E-state index contributed by atoms with van der Waals surface area (Å²) in [6.45, 7) is 3.24. The molecular formula is C26H20F6N2O4S2. The maximum atomic E-state index is 14.0. The fourth-order valence-electron chi connectivity index (χ4n) is 3.99. The van der Waals surface area contributed by atoms with Crippen molar-refractivity contribution in [2.45, 2.75) is 36.0 Å². The maximum absolute atomic E-state index is 14.0. The lowest BCUT2D eigenvalue weighted by atomic mass is 10.1. The number of hydrogen-bond donors (Lipinski definition) is 0. The molecule has 4 aromatic rings. The number of halogens is 6. The van der Waals surface area contributed by atoms with Crippen LogP contribution in [0.15, 0.2) is 95.0 Å². The van der Waals surface area contributed by atoms with E-state index in [-0.39, 0.29) is 21.5 Å². The van der Waals surface area contributed by atoms with Crippen molar-refractivity contribution in [2.24, 2.45) is 0 Å². The van der Waals surface area contributed by atoms with Gasteiger partial charge in [-0.2, -0.15) is 30.1 Å². The molecule has 0 N–H and O–H groups in total. The van der Waals surface area contributed by atoms with Gasteiger partial charge in [-0.05, 0) is 79.6 Å². The molecule has 212 valence electrons. The van der Waals surface area contributed by atoms with E-state index < -0.39 is 59.0 Å². The van der Waals surface area contributed by atoms with E-state index in [4.69, 9.17) is 0 Å². The minimum atomic E-state index is -5.38. The molecule has 4 rings (SSSR count). The molecule has 0 spiro atoms. The molecule has 0 saturated heterocycles. The Kier molecular flexibility index (Phi) is 7.30. The van der Waals surface area contributed by atoms with Gasteiger partial charge in [0.15, 0.2) is 0 Å². The Morgan fingerprint density at radius 1 is 0.650 bits per heavy atom. The van der Waals surface area contributed by atoms with Gasteiger partial charge in [-0.15, -0.1) is 0 Å². The Hall–Kier alpha value is -3.78. The van der Waals surface area contributed by atoms with E-state index >= 15 is 0 Å². The molecule has 0 radical (unpaired) electrons. The minimum Gasteiger partial charge on any atom is -0.322 e. The van der Waals surface area contributed by atoms with Gasteiger partial charge in [-0.25, -0.2) is 16.8 Å². The van der Waals surface area contributed by atoms with Crippen LogP contribution >= 0.6 is 0 Å². The Morgan fingerprint density at radius 2 is 1.10 bits per heavy atom. The monoisotopic (exact) mass is 602 g/mol. The Bertz CT molecular complexity index is 1690. The van der Waals surface area contributed by atoms with Crippen molar-refractivity contribution in [3.63, 3.8) is 0 Å². The van der Waals surface area contributed by atoms with Crippen LogP contribution in [-0.4, -0.2) is 21.4 Å². The Labute approximate surface area is 226 Å². The van der Waals surface area contributed by atoms with Gasteiger partial charge in [-0.1, -0.05) is 18.2 Å². The highest BCUT2D eigenvalue weighted by Crippen LogP contribution is 2.40. The molecule has 6 nitrogen and oxygen atoms in total. The van der Waals surface area contributed by atoms with Crippen molar-refractivity contribution in [1.29, 1.82) is 0 Å². The van der Waals surface area contributed by atoms with E-state index in [0.29, 0.717) is 23.3 Å². The van der Waals surface area contributed by atoms with Crippen LogP contribution in [0.2, 0.25) is 0 Å². The molecular weight excluding hydrogens is 582 g/mol. The second-order valence-corrected chi connectivity index (χ2v) is 12.5. The lowest BCUT2D eigenvalue weighted by Crippen LogP contribution is -2.38. The normalized spacial score (nSPS) is 12.9. The second kappa shape index (κ2) is 10.0. The molecule has 0 aliphatic carbocycles. The summed E-state index contributed by atoms with van der Waals surface area (Å²) in [6, 6.07) is 10.5. The molecule has 1 aromatic heterocycles. The predicted molar refractivity (Wildman–Crippen MR) is 135 cm³/mol.